The van der Waals surface area contributed by atoms with Gasteiger partial charge in [0.05, 0.1) is 6.10 Å². The fourth-order valence-corrected chi connectivity index (χ4v) is 2.67. The topological polar surface area (TPSA) is 49.3 Å². The largest absolute Gasteiger partial charge is 0.393 e. The maximum Gasteiger partial charge on any atom is 0.223 e. The standard InChI is InChI=1S/C16H23NO2/c1-12(18)5-4-10-17-16(19)15-9-8-13-6-2-3-7-14(13)11-15/h2-3,6-7,12,15,18H,4-5,8-11H2,1H3,(H,17,19). The Bertz CT molecular complexity index is 429. The predicted octanol–water partition coefficient (Wildman–Crippen LogP) is 2.07. The second kappa shape index (κ2) is 6.71. The molecule has 0 aliphatic heterocycles. The number of benzene rings is 1. The highest BCUT2D eigenvalue weighted by molar-refractivity contribution is 5.79. The zero-order chi connectivity index (χ0) is 13.7. The first-order valence-electron chi connectivity index (χ1n) is 7.19. The first kappa shape index (κ1) is 14.1. The quantitative estimate of drug-likeness (QED) is 0.797. The summed E-state index contributed by atoms with van der Waals surface area (Å²) in [4.78, 5) is 12.1. The second-order valence-corrected chi connectivity index (χ2v) is 5.49. The van der Waals surface area contributed by atoms with Gasteiger partial charge in [-0.25, -0.2) is 0 Å². The van der Waals surface area contributed by atoms with E-state index in [4.69, 9.17) is 5.11 Å². The highest BCUT2D eigenvalue weighted by Crippen LogP contribution is 2.25. The molecule has 1 aromatic rings. The molecule has 0 aromatic heterocycles. The third-order valence-corrected chi connectivity index (χ3v) is 3.82. The number of hydrogen-bond acceptors (Lipinski definition) is 2. The summed E-state index contributed by atoms with van der Waals surface area (Å²) in [5.74, 6) is 0.279. The summed E-state index contributed by atoms with van der Waals surface area (Å²) in [6.07, 6.45) is 4.11. The molecule has 3 nitrogen and oxygen atoms in total. The molecule has 2 rings (SSSR count). The van der Waals surface area contributed by atoms with Gasteiger partial charge in [0.15, 0.2) is 0 Å². The number of carbonyl (C=O) groups excluding carboxylic acids is 1. The number of carbonyl (C=O) groups is 1. The minimum absolute atomic E-state index is 0.112. The number of aliphatic hydroxyl groups is 1. The summed E-state index contributed by atoms with van der Waals surface area (Å²) in [7, 11) is 0. The zero-order valence-corrected chi connectivity index (χ0v) is 11.6. The second-order valence-electron chi connectivity index (χ2n) is 5.49. The number of hydrogen-bond donors (Lipinski definition) is 2. The summed E-state index contributed by atoms with van der Waals surface area (Å²) in [5, 5.41) is 12.2. The van der Waals surface area contributed by atoms with E-state index in [1.165, 1.54) is 11.1 Å². The van der Waals surface area contributed by atoms with Crippen molar-refractivity contribution in [3.05, 3.63) is 35.4 Å². The van der Waals surface area contributed by atoms with Crippen LogP contribution in [0.3, 0.4) is 0 Å². The van der Waals surface area contributed by atoms with Crippen LogP contribution in [0.2, 0.25) is 0 Å². The average Bonchev–Trinajstić information content (AvgIpc) is 2.42. The molecule has 1 aliphatic rings. The smallest absolute Gasteiger partial charge is 0.223 e. The number of aliphatic hydroxyl groups excluding tert-OH is 1. The number of nitrogens with one attached hydrogen (secondary N) is 1. The van der Waals surface area contributed by atoms with E-state index in [-0.39, 0.29) is 17.9 Å². The van der Waals surface area contributed by atoms with Gasteiger partial charge in [0.25, 0.3) is 0 Å². The van der Waals surface area contributed by atoms with E-state index in [0.29, 0.717) is 6.54 Å². The lowest BCUT2D eigenvalue weighted by Gasteiger charge is -2.23. The number of rotatable bonds is 5. The van der Waals surface area contributed by atoms with Crippen molar-refractivity contribution >= 4 is 5.91 Å². The number of amides is 1. The highest BCUT2D eigenvalue weighted by Gasteiger charge is 2.23. The number of fused-ring (bicyclic) bond motifs is 1. The van der Waals surface area contributed by atoms with E-state index in [1.54, 1.807) is 6.92 Å². The first-order valence-corrected chi connectivity index (χ1v) is 7.19. The van der Waals surface area contributed by atoms with Crippen LogP contribution in [0, 0.1) is 5.92 Å². The molecule has 1 aliphatic carbocycles. The van der Waals surface area contributed by atoms with E-state index >= 15 is 0 Å². The monoisotopic (exact) mass is 261 g/mol. The van der Waals surface area contributed by atoms with Gasteiger partial charge in [0, 0.05) is 12.5 Å². The van der Waals surface area contributed by atoms with Gasteiger partial charge < -0.3 is 10.4 Å². The van der Waals surface area contributed by atoms with Crippen molar-refractivity contribution in [3.63, 3.8) is 0 Å². The van der Waals surface area contributed by atoms with E-state index in [1.807, 2.05) is 6.07 Å². The molecule has 2 N–H and O–H groups in total. The number of aryl methyl sites for hydroxylation is 1. The SMILES string of the molecule is CC(O)CCCNC(=O)C1CCc2ccccc2C1. The van der Waals surface area contributed by atoms with Crippen molar-refractivity contribution in [2.45, 2.75) is 45.1 Å². The molecule has 104 valence electrons. The summed E-state index contributed by atoms with van der Waals surface area (Å²) in [5.41, 5.74) is 2.71. The molecule has 2 unspecified atom stereocenters. The Labute approximate surface area is 115 Å². The average molecular weight is 261 g/mol. The summed E-state index contributed by atoms with van der Waals surface area (Å²) in [6, 6.07) is 8.39. The van der Waals surface area contributed by atoms with Crippen molar-refractivity contribution in [1.82, 2.24) is 5.32 Å². The lowest BCUT2D eigenvalue weighted by Crippen LogP contribution is -2.34. The molecule has 2 atom stereocenters. The van der Waals surface area contributed by atoms with Gasteiger partial charge in [-0.2, -0.15) is 0 Å². The van der Waals surface area contributed by atoms with Gasteiger partial charge >= 0.3 is 0 Å². The van der Waals surface area contributed by atoms with E-state index in [2.05, 4.69) is 23.5 Å². The zero-order valence-electron chi connectivity index (χ0n) is 11.6. The molecule has 0 radical (unpaired) electrons. The van der Waals surface area contributed by atoms with Crippen molar-refractivity contribution in [2.75, 3.05) is 6.54 Å². The molecule has 19 heavy (non-hydrogen) atoms. The van der Waals surface area contributed by atoms with Crippen molar-refractivity contribution in [3.8, 4) is 0 Å². The lowest BCUT2D eigenvalue weighted by atomic mass is 9.83. The van der Waals surface area contributed by atoms with Crippen LogP contribution in [0.1, 0.15) is 37.3 Å². The van der Waals surface area contributed by atoms with Crippen LogP contribution < -0.4 is 5.32 Å². The van der Waals surface area contributed by atoms with Gasteiger partial charge in [-0.15, -0.1) is 0 Å². The fourth-order valence-electron chi connectivity index (χ4n) is 2.67. The van der Waals surface area contributed by atoms with Crippen molar-refractivity contribution in [1.29, 1.82) is 0 Å². The Morgan fingerprint density at radius 2 is 2.16 bits per heavy atom. The van der Waals surface area contributed by atoms with Crippen molar-refractivity contribution < 1.29 is 9.90 Å². The maximum absolute atomic E-state index is 12.1. The van der Waals surface area contributed by atoms with Gasteiger partial charge in [0.2, 0.25) is 5.91 Å². The van der Waals surface area contributed by atoms with Crippen LogP contribution >= 0.6 is 0 Å². The van der Waals surface area contributed by atoms with Crippen LogP contribution in [0.25, 0.3) is 0 Å². The Balaban J connectivity index is 1.79. The molecule has 0 spiro atoms. The Morgan fingerprint density at radius 3 is 2.89 bits per heavy atom. The highest BCUT2D eigenvalue weighted by atomic mass is 16.3. The van der Waals surface area contributed by atoms with Gasteiger partial charge in [0.1, 0.15) is 0 Å². The van der Waals surface area contributed by atoms with E-state index in [0.717, 1.165) is 32.1 Å². The van der Waals surface area contributed by atoms with Crippen LogP contribution in [-0.4, -0.2) is 23.7 Å². The maximum atomic E-state index is 12.1. The molecule has 0 heterocycles. The van der Waals surface area contributed by atoms with E-state index < -0.39 is 0 Å². The molecule has 1 amide bonds. The van der Waals surface area contributed by atoms with Crippen LogP contribution in [0.5, 0.6) is 0 Å². The molecule has 0 bridgehead atoms. The Kier molecular flexibility index (Phi) is 4.97. The first-order chi connectivity index (χ1) is 9.16. The molecule has 1 aromatic carbocycles. The molecule has 0 saturated carbocycles. The Hall–Kier alpha value is -1.35. The van der Waals surface area contributed by atoms with Gasteiger partial charge in [-0.1, -0.05) is 24.3 Å². The van der Waals surface area contributed by atoms with E-state index in [9.17, 15) is 4.79 Å². The minimum Gasteiger partial charge on any atom is -0.393 e. The van der Waals surface area contributed by atoms with Crippen LogP contribution in [0.4, 0.5) is 0 Å². The van der Waals surface area contributed by atoms with Crippen LogP contribution in [-0.2, 0) is 17.6 Å². The predicted molar refractivity (Wildman–Crippen MR) is 75.9 cm³/mol. The third-order valence-electron chi connectivity index (χ3n) is 3.82. The summed E-state index contributed by atoms with van der Waals surface area (Å²) >= 11 is 0. The van der Waals surface area contributed by atoms with Crippen molar-refractivity contribution in [2.24, 2.45) is 5.92 Å². The minimum atomic E-state index is -0.279. The fraction of sp³-hybridized carbons (Fsp3) is 0.562. The van der Waals surface area contributed by atoms with Crippen LogP contribution in [0.15, 0.2) is 24.3 Å². The third kappa shape index (κ3) is 4.06. The summed E-state index contributed by atoms with van der Waals surface area (Å²) < 4.78 is 0. The molecular weight excluding hydrogens is 238 g/mol. The molecule has 3 heteroatoms. The lowest BCUT2D eigenvalue weighted by molar-refractivity contribution is -0.125. The normalized spacial score (nSPS) is 19.6. The molecule has 0 fully saturated rings. The molecule has 0 saturated heterocycles. The van der Waals surface area contributed by atoms with Gasteiger partial charge in [-0.05, 0) is 50.2 Å². The Morgan fingerprint density at radius 1 is 1.42 bits per heavy atom. The summed E-state index contributed by atoms with van der Waals surface area (Å²) in [6.45, 7) is 2.45. The molecular formula is C16H23NO2. The van der Waals surface area contributed by atoms with Gasteiger partial charge in [-0.3, -0.25) is 4.79 Å².